The maximum Gasteiger partial charge on any atom is 0.259 e. The highest BCUT2D eigenvalue weighted by molar-refractivity contribution is 6.07. The molecule has 0 aliphatic carbocycles. The second-order valence-electron chi connectivity index (χ2n) is 6.33. The van der Waals surface area contributed by atoms with Crippen LogP contribution in [0.3, 0.4) is 0 Å². The van der Waals surface area contributed by atoms with Crippen LogP contribution in [0.2, 0.25) is 0 Å². The van der Waals surface area contributed by atoms with E-state index in [9.17, 15) is 9.59 Å². The summed E-state index contributed by atoms with van der Waals surface area (Å²) in [6, 6.07) is 18.8. The molecule has 0 aliphatic heterocycles. The van der Waals surface area contributed by atoms with Crippen LogP contribution in [0.25, 0.3) is 0 Å². The lowest BCUT2D eigenvalue weighted by atomic mass is 10.1. The van der Waals surface area contributed by atoms with Gasteiger partial charge in [0.2, 0.25) is 0 Å². The van der Waals surface area contributed by atoms with Gasteiger partial charge in [-0.25, -0.2) is 0 Å². The van der Waals surface area contributed by atoms with Gasteiger partial charge in [0, 0.05) is 31.7 Å². The van der Waals surface area contributed by atoms with Crippen LogP contribution in [0.1, 0.15) is 31.8 Å². The Morgan fingerprint density at radius 1 is 0.963 bits per heavy atom. The Kier molecular flexibility index (Phi) is 5.61. The molecule has 5 heteroatoms. The van der Waals surface area contributed by atoms with Crippen molar-refractivity contribution in [3.63, 3.8) is 0 Å². The van der Waals surface area contributed by atoms with E-state index in [1.165, 1.54) is 17.3 Å². The maximum atomic E-state index is 12.7. The number of nitrogens with zero attached hydrogens (tertiary/aromatic N) is 2. The zero-order valence-corrected chi connectivity index (χ0v) is 15.3. The zero-order chi connectivity index (χ0) is 19.2. The van der Waals surface area contributed by atoms with E-state index in [0.717, 1.165) is 16.8 Å². The second kappa shape index (κ2) is 8.27. The summed E-state index contributed by atoms with van der Waals surface area (Å²) in [7, 11) is 1.70. The number of benzene rings is 2. The number of hydrogen-bond acceptors (Lipinski definition) is 3. The SMILES string of the molecule is Cc1cccc(CNC(=O)c2cncc(C(=O)N(C)c3ccccc3)c2)c1. The fourth-order valence-corrected chi connectivity index (χ4v) is 2.75. The molecule has 27 heavy (non-hydrogen) atoms. The first-order valence-corrected chi connectivity index (χ1v) is 8.66. The molecule has 2 amide bonds. The monoisotopic (exact) mass is 359 g/mol. The fraction of sp³-hybridized carbons (Fsp3) is 0.136. The van der Waals surface area contributed by atoms with Crippen molar-refractivity contribution in [2.75, 3.05) is 11.9 Å². The van der Waals surface area contributed by atoms with Crippen molar-refractivity contribution in [2.45, 2.75) is 13.5 Å². The molecule has 0 saturated carbocycles. The van der Waals surface area contributed by atoms with E-state index >= 15 is 0 Å². The smallest absolute Gasteiger partial charge is 0.259 e. The number of rotatable bonds is 5. The first kappa shape index (κ1) is 18.3. The summed E-state index contributed by atoms with van der Waals surface area (Å²) in [6.07, 6.45) is 2.93. The van der Waals surface area contributed by atoms with Crippen LogP contribution in [0.4, 0.5) is 5.69 Å². The van der Waals surface area contributed by atoms with Gasteiger partial charge < -0.3 is 10.2 Å². The molecular weight excluding hydrogens is 338 g/mol. The van der Waals surface area contributed by atoms with E-state index in [2.05, 4.69) is 10.3 Å². The van der Waals surface area contributed by atoms with Gasteiger partial charge in [-0.1, -0.05) is 48.0 Å². The Hall–Kier alpha value is -3.47. The van der Waals surface area contributed by atoms with Crippen molar-refractivity contribution < 1.29 is 9.59 Å². The predicted molar refractivity (Wildman–Crippen MR) is 106 cm³/mol. The van der Waals surface area contributed by atoms with Gasteiger partial charge in [0.15, 0.2) is 0 Å². The number of aromatic nitrogens is 1. The van der Waals surface area contributed by atoms with Gasteiger partial charge in [0.05, 0.1) is 11.1 Å². The standard InChI is InChI=1S/C22H21N3O2/c1-16-7-6-8-17(11-16)13-24-21(26)18-12-19(15-23-14-18)22(27)25(2)20-9-4-3-5-10-20/h3-12,14-15H,13H2,1-2H3,(H,24,26). The highest BCUT2D eigenvalue weighted by Crippen LogP contribution is 2.15. The van der Waals surface area contributed by atoms with Crippen LogP contribution in [0.15, 0.2) is 73.1 Å². The van der Waals surface area contributed by atoms with Crippen LogP contribution < -0.4 is 10.2 Å². The van der Waals surface area contributed by atoms with Crippen molar-refractivity contribution in [2.24, 2.45) is 0 Å². The summed E-state index contributed by atoms with van der Waals surface area (Å²) in [4.78, 5) is 30.7. The molecule has 0 aliphatic rings. The number of hydrogen-bond donors (Lipinski definition) is 1. The van der Waals surface area contributed by atoms with Crippen molar-refractivity contribution in [1.82, 2.24) is 10.3 Å². The molecule has 5 nitrogen and oxygen atoms in total. The predicted octanol–water partition coefficient (Wildman–Crippen LogP) is 3.60. The quantitative estimate of drug-likeness (QED) is 0.757. The third-order valence-corrected chi connectivity index (χ3v) is 4.23. The van der Waals surface area contributed by atoms with Gasteiger partial charge in [-0.2, -0.15) is 0 Å². The van der Waals surface area contributed by atoms with E-state index in [1.54, 1.807) is 13.1 Å². The van der Waals surface area contributed by atoms with E-state index in [1.807, 2.05) is 61.5 Å². The van der Waals surface area contributed by atoms with Crippen LogP contribution in [-0.4, -0.2) is 23.8 Å². The molecule has 1 N–H and O–H groups in total. The second-order valence-corrected chi connectivity index (χ2v) is 6.33. The van der Waals surface area contributed by atoms with Crippen LogP contribution in [0, 0.1) is 6.92 Å². The molecule has 0 atom stereocenters. The number of pyridine rings is 1. The lowest BCUT2D eigenvalue weighted by molar-refractivity contribution is 0.0950. The van der Waals surface area contributed by atoms with Gasteiger partial charge in [0.1, 0.15) is 0 Å². The molecule has 0 saturated heterocycles. The molecule has 1 aromatic heterocycles. The van der Waals surface area contributed by atoms with Crippen molar-refractivity contribution in [3.8, 4) is 0 Å². The first-order valence-electron chi connectivity index (χ1n) is 8.66. The van der Waals surface area contributed by atoms with Crippen LogP contribution in [0.5, 0.6) is 0 Å². The number of carbonyl (C=O) groups is 2. The average Bonchev–Trinajstić information content (AvgIpc) is 2.71. The summed E-state index contributed by atoms with van der Waals surface area (Å²) in [6.45, 7) is 2.43. The van der Waals surface area contributed by atoms with Gasteiger partial charge in [-0.15, -0.1) is 0 Å². The Bertz CT molecular complexity index is 955. The molecule has 3 rings (SSSR count). The number of anilines is 1. The van der Waals surface area contributed by atoms with Gasteiger partial charge in [-0.3, -0.25) is 14.6 Å². The summed E-state index contributed by atoms with van der Waals surface area (Å²) in [5.41, 5.74) is 3.66. The molecule has 3 aromatic rings. The zero-order valence-electron chi connectivity index (χ0n) is 15.3. The van der Waals surface area contributed by atoms with Gasteiger partial charge >= 0.3 is 0 Å². The Balaban J connectivity index is 1.71. The minimum absolute atomic E-state index is 0.220. The third kappa shape index (κ3) is 4.58. The first-order chi connectivity index (χ1) is 13.0. The summed E-state index contributed by atoms with van der Waals surface area (Å²) < 4.78 is 0. The highest BCUT2D eigenvalue weighted by Gasteiger charge is 2.16. The summed E-state index contributed by atoms with van der Waals surface area (Å²) in [5.74, 6) is -0.483. The molecule has 1 heterocycles. The molecule has 0 bridgehead atoms. The van der Waals surface area contributed by atoms with Gasteiger partial charge in [0.25, 0.3) is 11.8 Å². The third-order valence-electron chi connectivity index (χ3n) is 4.23. The maximum absolute atomic E-state index is 12.7. The molecule has 136 valence electrons. The van der Waals surface area contributed by atoms with Gasteiger partial charge in [-0.05, 0) is 30.7 Å². The molecule has 0 spiro atoms. The molecule has 0 radical (unpaired) electrons. The molecular formula is C22H21N3O2. The van der Waals surface area contributed by atoms with E-state index in [0.29, 0.717) is 17.7 Å². The fourth-order valence-electron chi connectivity index (χ4n) is 2.75. The summed E-state index contributed by atoms with van der Waals surface area (Å²) in [5, 5.41) is 2.87. The largest absolute Gasteiger partial charge is 0.348 e. The van der Waals surface area contributed by atoms with E-state index < -0.39 is 0 Å². The average molecular weight is 359 g/mol. The Morgan fingerprint density at radius 2 is 1.70 bits per heavy atom. The van der Waals surface area contributed by atoms with Crippen LogP contribution >= 0.6 is 0 Å². The minimum Gasteiger partial charge on any atom is -0.348 e. The number of carbonyl (C=O) groups excluding carboxylic acids is 2. The normalized spacial score (nSPS) is 10.3. The molecule has 0 unspecified atom stereocenters. The topological polar surface area (TPSA) is 62.3 Å². The van der Waals surface area contributed by atoms with Crippen LogP contribution in [-0.2, 0) is 6.54 Å². The molecule has 2 aromatic carbocycles. The van der Waals surface area contributed by atoms with Crippen molar-refractivity contribution >= 4 is 17.5 Å². The van der Waals surface area contributed by atoms with E-state index in [4.69, 9.17) is 0 Å². The lowest BCUT2D eigenvalue weighted by Crippen LogP contribution is -2.27. The summed E-state index contributed by atoms with van der Waals surface area (Å²) >= 11 is 0. The minimum atomic E-state index is -0.263. The Labute approximate surface area is 158 Å². The van der Waals surface area contributed by atoms with Crippen molar-refractivity contribution in [3.05, 3.63) is 95.3 Å². The lowest BCUT2D eigenvalue weighted by Gasteiger charge is -2.17. The molecule has 0 fully saturated rings. The number of para-hydroxylation sites is 1. The number of nitrogens with one attached hydrogen (secondary N) is 1. The van der Waals surface area contributed by atoms with Crippen molar-refractivity contribution in [1.29, 1.82) is 0 Å². The van der Waals surface area contributed by atoms with E-state index in [-0.39, 0.29) is 11.8 Å². The highest BCUT2D eigenvalue weighted by atomic mass is 16.2. The Morgan fingerprint density at radius 3 is 2.44 bits per heavy atom. The number of amides is 2. The number of aryl methyl sites for hydroxylation is 1.